The van der Waals surface area contributed by atoms with Gasteiger partial charge in [0.15, 0.2) is 0 Å². The van der Waals surface area contributed by atoms with Gasteiger partial charge in [-0.1, -0.05) is 58.0 Å². The topological polar surface area (TPSA) is 41.0 Å². The molecule has 1 aliphatic rings. The van der Waals surface area contributed by atoms with Crippen LogP contribution in [0.3, 0.4) is 0 Å². The molecule has 3 nitrogen and oxygen atoms in total. The van der Waals surface area contributed by atoms with E-state index in [9.17, 15) is 0 Å². The summed E-state index contributed by atoms with van der Waals surface area (Å²) in [5.41, 5.74) is 8.49. The highest BCUT2D eigenvalue weighted by molar-refractivity contribution is 7.25. The molecule has 0 fully saturated rings. The fraction of sp³-hybridized carbons (Fsp3) is 0.226. The lowest BCUT2D eigenvalue weighted by molar-refractivity contribution is 0.799. The third-order valence-corrected chi connectivity index (χ3v) is 8.46. The van der Waals surface area contributed by atoms with Gasteiger partial charge in [0.1, 0.15) is 5.82 Å². The first kappa shape index (κ1) is 20.8. The Balaban J connectivity index is 1.32. The van der Waals surface area contributed by atoms with Crippen molar-refractivity contribution in [3.63, 3.8) is 0 Å². The van der Waals surface area contributed by atoms with Gasteiger partial charge in [-0.15, -0.1) is 11.3 Å². The zero-order valence-corrected chi connectivity index (χ0v) is 21.3. The maximum absolute atomic E-state index is 4.91. The second-order valence-corrected chi connectivity index (χ2v) is 11.5. The molecule has 0 saturated carbocycles. The molecule has 0 saturated heterocycles. The second-order valence-electron chi connectivity index (χ2n) is 10.4. The van der Waals surface area contributed by atoms with Crippen LogP contribution < -0.4 is 0 Å². The van der Waals surface area contributed by atoms with Gasteiger partial charge < -0.3 is 4.98 Å². The van der Waals surface area contributed by atoms with Crippen molar-refractivity contribution in [2.45, 2.75) is 40.0 Å². The minimum absolute atomic E-state index is 0.384. The SMILES string of the molecule is CC(C)C1=Nc2cc3sc4cc(-c5ccc6c(ccc7[nH]c(C(C)C)nc76)c5)ccc4c3cc2C1. The summed E-state index contributed by atoms with van der Waals surface area (Å²) in [7, 11) is 0. The first-order valence-electron chi connectivity index (χ1n) is 12.4. The van der Waals surface area contributed by atoms with Gasteiger partial charge in [0, 0.05) is 43.6 Å². The predicted molar refractivity (Wildman–Crippen MR) is 152 cm³/mol. The fourth-order valence-corrected chi connectivity index (χ4v) is 6.44. The van der Waals surface area contributed by atoms with Crippen LogP contribution in [0.5, 0.6) is 0 Å². The average Bonchev–Trinajstić information content (AvgIpc) is 3.56. The van der Waals surface area contributed by atoms with Gasteiger partial charge in [0.05, 0.1) is 16.7 Å². The van der Waals surface area contributed by atoms with Crippen molar-refractivity contribution >= 4 is 64.7 Å². The number of imidazole rings is 1. The van der Waals surface area contributed by atoms with Crippen molar-refractivity contribution in [3.8, 4) is 11.1 Å². The zero-order chi connectivity index (χ0) is 23.8. The van der Waals surface area contributed by atoms with Gasteiger partial charge in [-0.2, -0.15) is 0 Å². The highest BCUT2D eigenvalue weighted by Crippen LogP contribution is 2.42. The highest BCUT2D eigenvalue weighted by Gasteiger charge is 2.19. The molecule has 1 N–H and O–H groups in total. The van der Waals surface area contributed by atoms with E-state index in [-0.39, 0.29) is 0 Å². The predicted octanol–water partition coefficient (Wildman–Crippen LogP) is 9.16. The first-order chi connectivity index (χ1) is 16.9. The molecule has 3 heterocycles. The van der Waals surface area contributed by atoms with Crippen molar-refractivity contribution in [3.05, 3.63) is 72.1 Å². The standard InChI is InChI=1S/C31H27N3S/c1-16(2)26-13-21-12-24-23-9-6-19(14-28(23)35-29(24)15-27(21)32-26)18-5-8-22-20(11-18)7-10-25-30(22)34-31(33-25)17(3)4/h5-12,14-17H,13H2,1-4H3,(H,33,34). The number of nitrogens with zero attached hydrogens (tertiary/aromatic N) is 2. The molecule has 4 heteroatoms. The second kappa shape index (κ2) is 7.50. The van der Waals surface area contributed by atoms with Crippen LogP contribution in [0.2, 0.25) is 0 Å². The van der Waals surface area contributed by atoms with Crippen molar-refractivity contribution in [2.75, 3.05) is 0 Å². The molecule has 0 bridgehead atoms. The molecule has 7 rings (SSSR count). The normalized spacial score (nSPS) is 13.7. The summed E-state index contributed by atoms with van der Waals surface area (Å²) in [6.07, 6.45) is 0.984. The molecule has 0 amide bonds. The van der Waals surface area contributed by atoms with E-state index in [1.807, 2.05) is 11.3 Å². The van der Waals surface area contributed by atoms with E-state index in [1.54, 1.807) is 0 Å². The molecule has 0 aliphatic carbocycles. The molecule has 0 radical (unpaired) electrons. The monoisotopic (exact) mass is 473 g/mol. The third-order valence-electron chi connectivity index (χ3n) is 7.34. The van der Waals surface area contributed by atoms with Crippen molar-refractivity contribution < 1.29 is 0 Å². The number of aromatic amines is 1. The van der Waals surface area contributed by atoms with Crippen molar-refractivity contribution in [2.24, 2.45) is 10.9 Å². The van der Waals surface area contributed by atoms with E-state index in [0.29, 0.717) is 11.8 Å². The van der Waals surface area contributed by atoms with Gasteiger partial charge in [0.25, 0.3) is 0 Å². The number of fused-ring (bicyclic) bond motifs is 7. The number of rotatable bonds is 3. The van der Waals surface area contributed by atoms with E-state index in [1.165, 1.54) is 53.3 Å². The largest absolute Gasteiger partial charge is 0.342 e. The summed E-state index contributed by atoms with van der Waals surface area (Å²) >= 11 is 1.87. The number of nitrogens with one attached hydrogen (secondary N) is 1. The van der Waals surface area contributed by atoms with E-state index in [2.05, 4.69) is 93.3 Å². The quantitative estimate of drug-likeness (QED) is 0.273. The number of hydrogen-bond acceptors (Lipinski definition) is 3. The lowest BCUT2D eigenvalue weighted by Crippen LogP contribution is -2.06. The maximum Gasteiger partial charge on any atom is 0.109 e. The smallest absolute Gasteiger partial charge is 0.109 e. The van der Waals surface area contributed by atoms with Gasteiger partial charge in [0.2, 0.25) is 0 Å². The minimum Gasteiger partial charge on any atom is -0.342 e. The van der Waals surface area contributed by atoms with Crippen LogP contribution in [0.15, 0.2) is 65.7 Å². The number of thiophene rings is 1. The molecular formula is C31H27N3S. The molecule has 6 aromatic rings. The molecule has 0 atom stereocenters. The molecule has 35 heavy (non-hydrogen) atoms. The number of H-pyrrole nitrogens is 1. The van der Waals surface area contributed by atoms with Gasteiger partial charge in [-0.05, 0) is 58.3 Å². The lowest BCUT2D eigenvalue weighted by Gasteiger charge is -2.06. The summed E-state index contributed by atoms with van der Waals surface area (Å²) in [4.78, 5) is 13.3. The summed E-state index contributed by atoms with van der Waals surface area (Å²) in [6.45, 7) is 8.81. The maximum atomic E-state index is 4.91. The van der Waals surface area contributed by atoms with Crippen LogP contribution in [0.25, 0.3) is 53.1 Å². The Kier molecular flexibility index (Phi) is 4.46. The zero-order valence-electron chi connectivity index (χ0n) is 20.4. The van der Waals surface area contributed by atoms with Gasteiger partial charge >= 0.3 is 0 Å². The molecule has 4 aromatic carbocycles. The Morgan fingerprint density at radius 1 is 0.771 bits per heavy atom. The van der Waals surface area contributed by atoms with Crippen LogP contribution >= 0.6 is 11.3 Å². The minimum atomic E-state index is 0.384. The molecule has 0 unspecified atom stereocenters. The number of benzene rings is 4. The molecule has 172 valence electrons. The van der Waals surface area contributed by atoms with Crippen molar-refractivity contribution in [1.82, 2.24) is 9.97 Å². The summed E-state index contributed by atoms with van der Waals surface area (Å²) in [5, 5.41) is 5.13. The van der Waals surface area contributed by atoms with Gasteiger partial charge in [-0.25, -0.2) is 4.98 Å². The Morgan fingerprint density at radius 3 is 2.34 bits per heavy atom. The van der Waals surface area contributed by atoms with Gasteiger partial charge in [-0.3, -0.25) is 4.99 Å². The number of aliphatic imine (C=N–C) groups is 1. The average molecular weight is 474 g/mol. The fourth-order valence-electron chi connectivity index (χ4n) is 5.28. The van der Waals surface area contributed by atoms with Crippen LogP contribution in [0, 0.1) is 5.92 Å². The van der Waals surface area contributed by atoms with Crippen LogP contribution in [-0.2, 0) is 6.42 Å². The summed E-state index contributed by atoms with van der Waals surface area (Å²) in [6, 6.07) is 22.7. The molecule has 0 spiro atoms. The van der Waals surface area contributed by atoms with Crippen LogP contribution in [0.4, 0.5) is 5.69 Å². The first-order valence-corrected chi connectivity index (χ1v) is 13.3. The lowest BCUT2D eigenvalue weighted by atomic mass is 9.98. The third kappa shape index (κ3) is 3.24. The molecular weight excluding hydrogens is 446 g/mol. The van der Waals surface area contributed by atoms with E-state index >= 15 is 0 Å². The van der Waals surface area contributed by atoms with Crippen LogP contribution in [-0.4, -0.2) is 15.7 Å². The Bertz CT molecular complexity index is 1830. The van der Waals surface area contributed by atoms with E-state index in [4.69, 9.17) is 9.98 Å². The summed E-state index contributed by atoms with van der Waals surface area (Å²) < 4.78 is 2.66. The summed E-state index contributed by atoms with van der Waals surface area (Å²) in [5.74, 6) is 1.93. The van der Waals surface area contributed by atoms with Crippen molar-refractivity contribution in [1.29, 1.82) is 0 Å². The Morgan fingerprint density at radius 2 is 1.54 bits per heavy atom. The highest BCUT2D eigenvalue weighted by atomic mass is 32.1. The molecule has 2 aromatic heterocycles. The Labute approximate surface area is 208 Å². The molecule has 1 aliphatic heterocycles. The number of aromatic nitrogens is 2. The van der Waals surface area contributed by atoms with Crippen LogP contribution in [0.1, 0.15) is 45.0 Å². The van der Waals surface area contributed by atoms with E-state index < -0.39 is 0 Å². The number of hydrogen-bond donors (Lipinski definition) is 1. The van der Waals surface area contributed by atoms with E-state index in [0.717, 1.165) is 29.0 Å². The Hall–Kier alpha value is -3.50.